The summed E-state index contributed by atoms with van der Waals surface area (Å²) in [5.41, 5.74) is 0. The van der Waals surface area contributed by atoms with E-state index in [1.165, 1.54) is 32.6 Å². The number of hydrogen-bond donors (Lipinski definition) is 3. The van der Waals surface area contributed by atoms with Crippen LogP contribution in [0.4, 0.5) is 0 Å². The minimum absolute atomic E-state index is 0.00920. The van der Waals surface area contributed by atoms with E-state index in [0.29, 0.717) is 25.0 Å². The number of aliphatic imine (C=N–C) groups is 1. The van der Waals surface area contributed by atoms with Crippen LogP contribution < -0.4 is 16.0 Å². The SMILES string of the molecule is CC(=O)NCCCN=C(NCCc1ccco1)NC1CCCCC1C. The molecule has 0 saturated heterocycles. The van der Waals surface area contributed by atoms with Crippen molar-refractivity contribution in [1.29, 1.82) is 0 Å². The highest BCUT2D eigenvalue weighted by Crippen LogP contribution is 2.23. The number of guanidine groups is 1. The molecule has 1 fully saturated rings. The summed E-state index contributed by atoms with van der Waals surface area (Å²) in [7, 11) is 0. The van der Waals surface area contributed by atoms with Gasteiger partial charge in [0, 0.05) is 39.0 Å². The van der Waals surface area contributed by atoms with Crippen molar-refractivity contribution in [3.8, 4) is 0 Å². The van der Waals surface area contributed by atoms with Gasteiger partial charge in [-0.1, -0.05) is 19.8 Å². The van der Waals surface area contributed by atoms with Crippen LogP contribution in [-0.2, 0) is 11.2 Å². The van der Waals surface area contributed by atoms with E-state index in [4.69, 9.17) is 4.42 Å². The topological polar surface area (TPSA) is 78.7 Å². The second-order valence-electron chi connectivity index (χ2n) is 6.84. The number of hydrogen-bond acceptors (Lipinski definition) is 3. The summed E-state index contributed by atoms with van der Waals surface area (Å²) >= 11 is 0. The van der Waals surface area contributed by atoms with E-state index in [2.05, 4.69) is 27.9 Å². The number of nitrogens with one attached hydrogen (secondary N) is 3. The van der Waals surface area contributed by atoms with Gasteiger partial charge in [-0.3, -0.25) is 9.79 Å². The van der Waals surface area contributed by atoms with Gasteiger partial charge in [0.1, 0.15) is 5.76 Å². The van der Waals surface area contributed by atoms with Crippen LogP contribution in [0.3, 0.4) is 0 Å². The molecule has 2 rings (SSSR count). The van der Waals surface area contributed by atoms with Crippen molar-refractivity contribution in [3.63, 3.8) is 0 Å². The molecule has 1 aromatic rings. The standard InChI is InChI=1S/C19H32N4O2/c1-15-7-3-4-9-18(15)23-19(21-12-6-11-20-16(2)24)22-13-10-17-8-5-14-25-17/h5,8,14-15,18H,3-4,6-7,9-13H2,1-2H3,(H,20,24)(H2,21,22,23). The Labute approximate surface area is 150 Å². The molecule has 2 atom stereocenters. The van der Waals surface area contributed by atoms with E-state index in [-0.39, 0.29) is 5.91 Å². The van der Waals surface area contributed by atoms with Gasteiger partial charge in [-0.05, 0) is 37.3 Å². The van der Waals surface area contributed by atoms with E-state index in [1.54, 1.807) is 6.26 Å². The summed E-state index contributed by atoms with van der Waals surface area (Å²) < 4.78 is 5.38. The molecule has 1 saturated carbocycles. The zero-order valence-electron chi connectivity index (χ0n) is 15.5. The molecule has 3 N–H and O–H groups in total. The Morgan fingerprint density at radius 1 is 1.28 bits per heavy atom. The maximum Gasteiger partial charge on any atom is 0.216 e. The van der Waals surface area contributed by atoms with Crippen molar-refractivity contribution < 1.29 is 9.21 Å². The predicted molar refractivity (Wildman–Crippen MR) is 101 cm³/mol. The smallest absolute Gasteiger partial charge is 0.216 e. The lowest BCUT2D eigenvalue weighted by atomic mass is 9.86. The van der Waals surface area contributed by atoms with Crippen molar-refractivity contribution >= 4 is 11.9 Å². The third-order valence-electron chi connectivity index (χ3n) is 4.66. The molecule has 0 spiro atoms. The summed E-state index contributed by atoms with van der Waals surface area (Å²) in [6.45, 7) is 5.99. The first kappa shape index (κ1) is 19.3. The zero-order chi connectivity index (χ0) is 17.9. The Morgan fingerprint density at radius 2 is 2.12 bits per heavy atom. The molecule has 1 heterocycles. The van der Waals surface area contributed by atoms with Crippen molar-refractivity contribution in [2.24, 2.45) is 10.9 Å². The van der Waals surface area contributed by atoms with Crippen molar-refractivity contribution in [2.45, 2.75) is 58.4 Å². The van der Waals surface area contributed by atoms with Gasteiger partial charge in [-0.15, -0.1) is 0 Å². The Hall–Kier alpha value is -1.98. The monoisotopic (exact) mass is 348 g/mol. The largest absolute Gasteiger partial charge is 0.469 e. The molecular weight excluding hydrogens is 316 g/mol. The van der Waals surface area contributed by atoms with Gasteiger partial charge in [0.05, 0.1) is 6.26 Å². The average Bonchev–Trinajstić information content (AvgIpc) is 3.09. The highest BCUT2D eigenvalue weighted by atomic mass is 16.3. The number of rotatable bonds is 8. The molecule has 6 nitrogen and oxygen atoms in total. The molecule has 0 aliphatic heterocycles. The number of carbonyl (C=O) groups is 1. The predicted octanol–water partition coefficient (Wildman–Crippen LogP) is 2.46. The fraction of sp³-hybridized carbons (Fsp3) is 0.684. The van der Waals surface area contributed by atoms with Gasteiger partial charge >= 0.3 is 0 Å². The molecule has 0 radical (unpaired) electrons. The third-order valence-corrected chi connectivity index (χ3v) is 4.66. The van der Waals surface area contributed by atoms with Crippen LogP contribution in [0, 0.1) is 5.92 Å². The molecular formula is C19H32N4O2. The minimum atomic E-state index is 0.00920. The van der Waals surface area contributed by atoms with E-state index in [9.17, 15) is 4.79 Å². The molecule has 0 aromatic carbocycles. The van der Waals surface area contributed by atoms with Crippen LogP contribution in [0.15, 0.2) is 27.8 Å². The molecule has 1 aromatic heterocycles. The molecule has 1 aliphatic rings. The van der Waals surface area contributed by atoms with Crippen LogP contribution in [0.2, 0.25) is 0 Å². The molecule has 6 heteroatoms. The second kappa shape index (κ2) is 10.8. The lowest BCUT2D eigenvalue weighted by Crippen LogP contribution is -2.47. The fourth-order valence-corrected chi connectivity index (χ4v) is 3.15. The molecule has 140 valence electrons. The molecule has 2 unspecified atom stereocenters. The Bertz CT molecular complexity index is 528. The van der Waals surface area contributed by atoms with Gasteiger partial charge in [0.15, 0.2) is 5.96 Å². The lowest BCUT2D eigenvalue weighted by molar-refractivity contribution is -0.118. The maximum atomic E-state index is 10.9. The zero-order valence-corrected chi connectivity index (χ0v) is 15.5. The van der Waals surface area contributed by atoms with Gasteiger partial charge in [0.2, 0.25) is 5.91 Å². The van der Waals surface area contributed by atoms with Gasteiger partial charge in [0.25, 0.3) is 0 Å². The minimum Gasteiger partial charge on any atom is -0.469 e. The number of nitrogens with zero attached hydrogens (tertiary/aromatic N) is 1. The number of furan rings is 1. The normalized spacial score (nSPS) is 21.0. The van der Waals surface area contributed by atoms with E-state index in [1.807, 2.05) is 12.1 Å². The quantitative estimate of drug-likeness (QED) is 0.383. The molecule has 1 amide bonds. The third kappa shape index (κ3) is 7.63. The second-order valence-corrected chi connectivity index (χ2v) is 6.84. The summed E-state index contributed by atoms with van der Waals surface area (Å²) in [6, 6.07) is 4.38. The van der Waals surface area contributed by atoms with Crippen LogP contribution >= 0.6 is 0 Å². The van der Waals surface area contributed by atoms with E-state index >= 15 is 0 Å². The molecule has 0 bridgehead atoms. The van der Waals surface area contributed by atoms with E-state index < -0.39 is 0 Å². The first-order valence-electron chi connectivity index (χ1n) is 9.47. The first-order chi connectivity index (χ1) is 12.1. The summed E-state index contributed by atoms with van der Waals surface area (Å²) in [5.74, 6) is 2.52. The Kier molecular flexibility index (Phi) is 8.35. The van der Waals surface area contributed by atoms with Crippen LogP contribution in [0.25, 0.3) is 0 Å². The van der Waals surface area contributed by atoms with Crippen LogP contribution in [-0.4, -0.2) is 37.5 Å². The highest BCUT2D eigenvalue weighted by Gasteiger charge is 2.21. The van der Waals surface area contributed by atoms with Gasteiger partial charge < -0.3 is 20.4 Å². The van der Waals surface area contributed by atoms with Gasteiger partial charge in [-0.25, -0.2) is 0 Å². The van der Waals surface area contributed by atoms with Crippen molar-refractivity contribution in [1.82, 2.24) is 16.0 Å². The highest BCUT2D eigenvalue weighted by molar-refractivity contribution is 5.80. The number of amides is 1. The number of carbonyl (C=O) groups excluding carboxylic acids is 1. The van der Waals surface area contributed by atoms with Crippen LogP contribution in [0.1, 0.15) is 51.7 Å². The van der Waals surface area contributed by atoms with Crippen molar-refractivity contribution in [2.75, 3.05) is 19.6 Å². The van der Waals surface area contributed by atoms with Crippen molar-refractivity contribution in [3.05, 3.63) is 24.2 Å². The summed E-state index contributed by atoms with van der Waals surface area (Å²) in [4.78, 5) is 15.6. The summed E-state index contributed by atoms with van der Waals surface area (Å²) in [5, 5.41) is 9.83. The van der Waals surface area contributed by atoms with Gasteiger partial charge in [-0.2, -0.15) is 0 Å². The molecule has 1 aliphatic carbocycles. The molecule has 25 heavy (non-hydrogen) atoms. The van der Waals surface area contributed by atoms with Crippen LogP contribution in [0.5, 0.6) is 0 Å². The summed E-state index contributed by atoms with van der Waals surface area (Å²) in [6.07, 6.45) is 8.46. The van der Waals surface area contributed by atoms with E-state index in [0.717, 1.165) is 31.1 Å². The lowest BCUT2D eigenvalue weighted by Gasteiger charge is -2.31. The average molecular weight is 348 g/mol. The maximum absolute atomic E-state index is 10.9. The first-order valence-corrected chi connectivity index (χ1v) is 9.47. The Morgan fingerprint density at radius 3 is 2.84 bits per heavy atom. The fourth-order valence-electron chi connectivity index (χ4n) is 3.15. The Balaban J connectivity index is 1.81.